The third kappa shape index (κ3) is 3.62. The Bertz CT molecular complexity index is 1120. The molecule has 0 saturated carbocycles. The van der Waals surface area contributed by atoms with Gasteiger partial charge in [0.15, 0.2) is 0 Å². The molecule has 1 N–H and O–H groups in total. The molecule has 3 heterocycles. The van der Waals surface area contributed by atoms with Crippen molar-refractivity contribution in [2.24, 2.45) is 0 Å². The predicted octanol–water partition coefficient (Wildman–Crippen LogP) is 3.47. The number of aromatic nitrogens is 5. The van der Waals surface area contributed by atoms with Gasteiger partial charge in [0.1, 0.15) is 11.6 Å². The van der Waals surface area contributed by atoms with Crippen LogP contribution in [0.3, 0.4) is 0 Å². The first-order valence-corrected chi connectivity index (χ1v) is 8.44. The van der Waals surface area contributed by atoms with Gasteiger partial charge in [-0.3, -0.25) is 9.36 Å². The number of nitriles is 1. The lowest BCUT2D eigenvalue weighted by Crippen LogP contribution is -2.03. The maximum absolute atomic E-state index is 13.9. The smallest absolute Gasteiger partial charge is 0.132 e. The third-order valence-corrected chi connectivity index (χ3v) is 4.16. The van der Waals surface area contributed by atoms with E-state index in [9.17, 15) is 4.39 Å². The first kappa shape index (κ1) is 16.7. The molecule has 0 unspecified atom stereocenters. The molecule has 3 aromatic heterocycles. The highest BCUT2D eigenvalue weighted by atomic mass is 19.1. The molecule has 0 spiro atoms. The summed E-state index contributed by atoms with van der Waals surface area (Å²) in [7, 11) is 0. The fraction of sp³-hybridized carbons (Fsp3) is 0.158. The van der Waals surface area contributed by atoms with Crippen LogP contribution in [0.2, 0.25) is 0 Å². The van der Waals surface area contributed by atoms with Gasteiger partial charge in [-0.2, -0.15) is 15.5 Å². The molecule has 8 heteroatoms. The molecular formula is C19H16FN7. The normalized spacial score (nSPS) is 10.8. The molecule has 0 saturated heterocycles. The second kappa shape index (κ2) is 7.25. The molecule has 0 aliphatic carbocycles. The number of aryl methyl sites for hydroxylation is 1. The summed E-state index contributed by atoms with van der Waals surface area (Å²) in [5, 5.41) is 21.3. The van der Waals surface area contributed by atoms with Gasteiger partial charge in [0.05, 0.1) is 49.2 Å². The summed E-state index contributed by atoms with van der Waals surface area (Å²) >= 11 is 0. The molecule has 4 aromatic rings. The van der Waals surface area contributed by atoms with Crippen molar-refractivity contribution in [2.75, 3.05) is 5.32 Å². The summed E-state index contributed by atoms with van der Waals surface area (Å²) in [6.45, 7) is 0.881. The van der Waals surface area contributed by atoms with Crippen molar-refractivity contribution in [2.45, 2.75) is 19.5 Å². The van der Waals surface area contributed by atoms with Gasteiger partial charge in [0.2, 0.25) is 0 Å². The van der Waals surface area contributed by atoms with E-state index >= 15 is 0 Å². The Kier molecular flexibility index (Phi) is 4.49. The average Bonchev–Trinajstić information content (AvgIpc) is 3.29. The fourth-order valence-corrected chi connectivity index (χ4v) is 2.82. The van der Waals surface area contributed by atoms with E-state index in [0.29, 0.717) is 30.9 Å². The largest absolute Gasteiger partial charge is 0.338 e. The summed E-state index contributed by atoms with van der Waals surface area (Å²) in [4.78, 5) is 4.38. The van der Waals surface area contributed by atoms with Crippen LogP contribution in [0.5, 0.6) is 0 Å². The molecule has 7 nitrogen and oxygen atoms in total. The first-order valence-electron chi connectivity index (χ1n) is 8.44. The van der Waals surface area contributed by atoms with E-state index in [1.165, 1.54) is 6.07 Å². The molecule has 0 bridgehead atoms. The minimum absolute atomic E-state index is 0.252. The predicted molar refractivity (Wildman–Crippen MR) is 98.8 cm³/mol. The van der Waals surface area contributed by atoms with Crippen molar-refractivity contribution in [1.82, 2.24) is 24.5 Å². The number of hydrogen-bond donors (Lipinski definition) is 1. The van der Waals surface area contributed by atoms with E-state index in [1.807, 2.05) is 18.3 Å². The number of benzene rings is 1. The second-order valence-corrected chi connectivity index (χ2v) is 6.05. The van der Waals surface area contributed by atoms with Crippen molar-refractivity contribution < 1.29 is 4.39 Å². The second-order valence-electron chi connectivity index (χ2n) is 6.05. The minimum Gasteiger partial charge on any atom is -0.338 e. The van der Waals surface area contributed by atoms with Crippen molar-refractivity contribution in [3.63, 3.8) is 0 Å². The lowest BCUT2D eigenvalue weighted by Gasteiger charge is -2.07. The van der Waals surface area contributed by atoms with Crippen LogP contribution in [0.1, 0.15) is 12.0 Å². The van der Waals surface area contributed by atoms with Crippen LogP contribution in [0, 0.1) is 17.1 Å². The molecule has 1 aromatic carbocycles. The summed E-state index contributed by atoms with van der Waals surface area (Å²) in [6, 6.07) is 10.6. The van der Waals surface area contributed by atoms with Gasteiger partial charge in [-0.1, -0.05) is 18.2 Å². The molecule has 27 heavy (non-hydrogen) atoms. The average molecular weight is 361 g/mol. The zero-order chi connectivity index (χ0) is 18.6. The number of fused-ring (bicyclic) bond motifs is 1. The maximum Gasteiger partial charge on any atom is 0.132 e. The first-order chi connectivity index (χ1) is 13.2. The molecule has 4 rings (SSSR count). The van der Waals surface area contributed by atoms with E-state index < -0.39 is 0 Å². The SMILES string of the molecule is N#CCCn1cc(Nc2cc3c(cn2)cnn3Cc2ccccc2F)cn1. The molecule has 0 radical (unpaired) electrons. The van der Waals surface area contributed by atoms with Gasteiger partial charge in [-0.15, -0.1) is 0 Å². The van der Waals surface area contributed by atoms with E-state index in [4.69, 9.17) is 5.26 Å². The standard InChI is InChI=1S/C19H16FN7/c20-17-5-2-1-4-14(17)12-27-18-8-19(22-9-15(18)10-24-27)25-16-11-23-26(13-16)7-3-6-21/h1-2,4-5,8-11,13H,3,7,12H2,(H,22,25). The lowest BCUT2D eigenvalue weighted by molar-refractivity contribution is 0.590. The van der Waals surface area contributed by atoms with Gasteiger partial charge in [0.25, 0.3) is 0 Å². The maximum atomic E-state index is 13.9. The summed E-state index contributed by atoms with van der Waals surface area (Å²) < 4.78 is 17.4. The molecule has 0 fully saturated rings. The Morgan fingerprint density at radius 2 is 2.04 bits per heavy atom. The van der Waals surface area contributed by atoms with Crippen LogP contribution in [0.15, 0.2) is 55.1 Å². The van der Waals surface area contributed by atoms with Gasteiger partial charge in [0, 0.05) is 29.4 Å². The summed E-state index contributed by atoms with van der Waals surface area (Å²) in [5.41, 5.74) is 2.21. The van der Waals surface area contributed by atoms with E-state index in [2.05, 4.69) is 26.6 Å². The summed E-state index contributed by atoms with van der Waals surface area (Å²) in [5.74, 6) is 0.385. The van der Waals surface area contributed by atoms with Crippen LogP contribution < -0.4 is 5.32 Å². The third-order valence-electron chi connectivity index (χ3n) is 4.16. The minimum atomic E-state index is -0.252. The van der Waals surface area contributed by atoms with Crippen LogP contribution in [-0.2, 0) is 13.1 Å². The molecule has 0 amide bonds. The molecule has 0 aliphatic heterocycles. The lowest BCUT2D eigenvalue weighted by atomic mass is 10.2. The van der Waals surface area contributed by atoms with Crippen LogP contribution in [0.4, 0.5) is 15.9 Å². The van der Waals surface area contributed by atoms with Gasteiger partial charge in [-0.25, -0.2) is 9.37 Å². The zero-order valence-electron chi connectivity index (χ0n) is 14.4. The van der Waals surface area contributed by atoms with E-state index in [1.54, 1.807) is 40.1 Å². The van der Waals surface area contributed by atoms with Crippen molar-refractivity contribution >= 4 is 22.4 Å². The van der Waals surface area contributed by atoms with Gasteiger partial charge >= 0.3 is 0 Å². The highest BCUT2D eigenvalue weighted by Gasteiger charge is 2.09. The Morgan fingerprint density at radius 3 is 2.89 bits per heavy atom. The number of hydrogen-bond acceptors (Lipinski definition) is 5. The number of nitrogens with one attached hydrogen (secondary N) is 1. The number of rotatable bonds is 6. The van der Waals surface area contributed by atoms with Crippen LogP contribution in [-0.4, -0.2) is 24.5 Å². The van der Waals surface area contributed by atoms with E-state index in [-0.39, 0.29) is 5.82 Å². The molecule has 134 valence electrons. The fourth-order valence-electron chi connectivity index (χ4n) is 2.82. The number of pyridine rings is 1. The number of anilines is 2. The quantitative estimate of drug-likeness (QED) is 0.568. The Morgan fingerprint density at radius 1 is 1.15 bits per heavy atom. The highest BCUT2D eigenvalue weighted by Crippen LogP contribution is 2.21. The monoisotopic (exact) mass is 361 g/mol. The van der Waals surface area contributed by atoms with Crippen molar-refractivity contribution in [3.8, 4) is 6.07 Å². The van der Waals surface area contributed by atoms with Crippen molar-refractivity contribution in [1.29, 1.82) is 5.26 Å². The van der Waals surface area contributed by atoms with Gasteiger partial charge < -0.3 is 5.32 Å². The highest BCUT2D eigenvalue weighted by molar-refractivity contribution is 5.81. The Hall–Kier alpha value is -3.73. The Balaban J connectivity index is 1.57. The molecular weight excluding hydrogens is 345 g/mol. The number of nitrogens with zero attached hydrogens (tertiary/aromatic N) is 6. The Labute approximate surface area is 154 Å². The topological polar surface area (TPSA) is 84.4 Å². The number of halogens is 1. The molecule has 0 aliphatic rings. The van der Waals surface area contributed by atoms with Crippen molar-refractivity contribution in [3.05, 3.63) is 66.5 Å². The zero-order valence-corrected chi connectivity index (χ0v) is 14.4. The van der Waals surface area contributed by atoms with Gasteiger partial charge in [-0.05, 0) is 6.07 Å². The summed E-state index contributed by atoms with van der Waals surface area (Å²) in [6.07, 6.45) is 7.34. The van der Waals surface area contributed by atoms with Crippen LogP contribution >= 0.6 is 0 Å². The molecule has 0 atom stereocenters. The van der Waals surface area contributed by atoms with E-state index in [0.717, 1.165) is 16.6 Å². The van der Waals surface area contributed by atoms with Crippen LogP contribution in [0.25, 0.3) is 10.9 Å².